The van der Waals surface area contributed by atoms with E-state index < -0.39 is 0 Å². The first kappa shape index (κ1) is 10.9. The highest BCUT2D eigenvalue weighted by Gasteiger charge is 2.29. The van der Waals surface area contributed by atoms with Gasteiger partial charge in [0.05, 0.1) is 0 Å². The minimum atomic E-state index is 0.134. The van der Waals surface area contributed by atoms with E-state index in [0.717, 1.165) is 39.1 Å². The van der Waals surface area contributed by atoms with Crippen LogP contribution in [-0.2, 0) is 9.53 Å². The molecular weight excluding hydrogens is 194 g/mol. The smallest absolute Gasteiger partial charge is 0.223 e. The molecule has 1 amide bonds. The van der Waals surface area contributed by atoms with E-state index in [-0.39, 0.29) is 18.4 Å². The number of nitrogens with zero attached hydrogens (tertiary/aromatic N) is 1. The fourth-order valence-corrected chi connectivity index (χ4v) is 2.34. The van der Waals surface area contributed by atoms with E-state index >= 15 is 0 Å². The molecule has 2 unspecified atom stereocenters. The standard InChI is InChI=1S/C11H19NO3/c13-7-10-5-11(14)12(6-10)3-1-9-2-4-15-8-9/h9-10,13H,1-8H2. The van der Waals surface area contributed by atoms with Crippen LogP contribution in [-0.4, -0.2) is 48.8 Å². The number of aliphatic hydroxyl groups excluding tert-OH is 1. The molecule has 2 aliphatic heterocycles. The topological polar surface area (TPSA) is 49.8 Å². The monoisotopic (exact) mass is 213 g/mol. The van der Waals surface area contributed by atoms with E-state index in [0.29, 0.717) is 12.3 Å². The molecule has 2 heterocycles. The number of rotatable bonds is 4. The number of amides is 1. The zero-order valence-corrected chi connectivity index (χ0v) is 9.02. The van der Waals surface area contributed by atoms with Crippen LogP contribution in [0.25, 0.3) is 0 Å². The maximum absolute atomic E-state index is 11.5. The lowest BCUT2D eigenvalue weighted by Gasteiger charge is -2.18. The van der Waals surface area contributed by atoms with Gasteiger partial charge in [0.15, 0.2) is 0 Å². The van der Waals surface area contributed by atoms with Gasteiger partial charge in [-0.1, -0.05) is 0 Å². The van der Waals surface area contributed by atoms with Crippen LogP contribution in [0.2, 0.25) is 0 Å². The van der Waals surface area contributed by atoms with Crippen LogP contribution in [0.4, 0.5) is 0 Å². The lowest BCUT2D eigenvalue weighted by atomic mass is 10.1. The second kappa shape index (κ2) is 4.94. The largest absolute Gasteiger partial charge is 0.396 e. The zero-order chi connectivity index (χ0) is 10.7. The maximum Gasteiger partial charge on any atom is 0.223 e. The molecule has 2 rings (SSSR count). The Labute approximate surface area is 90.2 Å². The summed E-state index contributed by atoms with van der Waals surface area (Å²) in [6, 6.07) is 0. The van der Waals surface area contributed by atoms with E-state index in [1.807, 2.05) is 4.90 Å². The Bertz CT molecular complexity index is 226. The molecule has 0 spiro atoms. The molecule has 86 valence electrons. The lowest BCUT2D eigenvalue weighted by molar-refractivity contribution is -0.127. The van der Waals surface area contributed by atoms with Gasteiger partial charge in [-0.2, -0.15) is 0 Å². The van der Waals surface area contributed by atoms with Crippen molar-refractivity contribution in [2.24, 2.45) is 11.8 Å². The Morgan fingerprint density at radius 1 is 1.47 bits per heavy atom. The van der Waals surface area contributed by atoms with Crippen LogP contribution < -0.4 is 0 Å². The molecule has 2 atom stereocenters. The highest BCUT2D eigenvalue weighted by molar-refractivity contribution is 5.78. The van der Waals surface area contributed by atoms with Crippen molar-refractivity contribution >= 4 is 5.91 Å². The van der Waals surface area contributed by atoms with Gasteiger partial charge >= 0.3 is 0 Å². The molecule has 0 aromatic carbocycles. The summed E-state index contributed by atoms with van der Waals surface area (Å²) in [6.07, 6.45) is 2.70. The molecule has 4 heteroatoms. The van der Waals surface area contributed by atoms with Crippen LogP contribution in [0.3, 0.4) is 0 Å². The van der Waals surface area contributed by atoms with E-state index in [1.54, 1.807) is 0 Å². The summed E-state index contributed by atoms with van der Waals surface area (Å²) in [5, 5.41) is 8.98. The molecule has 0 aromatic rings. The highest BCUT2D eigenvalue weighted by Crippen LogP contribution is 2.21. The van der Waals surface area contributed by atoms with E-state index in [4.69, 9.17) is 9.84 Å². The summed E-state index contributed by atoms with van der Waals surface area (Å²) in [4.78, 5) is 13.4. The number of carbonyl (C=O) groups excluding carboxylic acids is 1. The van der Waals surface area contributed by atoms with Crippen LogP contribution in [0, 0.1) is 11.8 Å². The molecule has 0 saturated carbocycles. The highest BCUT2D eigenvalue weighted by atomic mass is 16.5. The minimum absolute atomic E-state index is 0.134. The van der Waals surface area contributed by atoms with Gasteiger partial charge in [-0.25, -0.2) is 0 Å². The summed E-state index contributed by atoms with van der Waals surface area (Å²) in [6.45, 7) is 3.43. The van der Waals surface area contributed by atoms with Crippen LogP contribution in [0.15, 0.2) is 0 Å². The third kappa shape index (κ3) is 2.69. The number of likely N-dealkylation sites (tertiary alicyclic amines) is 1. The van der Waals surface area contributed by atoms with Crippen molar-refractivity contribution in [2.45, 2.75) is 19.3 Å². The van der Waals surface area contributed by atoms with Crippen LogP contribution >= 0.6 is 0 Å². The predicted molar refractivity (Wildman–Crippen MR) is 55.3 cm³/mol. The van der Waals surface area contributed by atoms with Gasteiger partial charge in [-0.3, -0.25) is 4.79 Å². The Morgan fingerprint density at radius 3 is 2.93 bits per heavy atom. The SMILES string of the molecule is O=C1CC(CO)CN1CCC1CCOC1. The summed E-state index contributed by atoms with van der Waals surface area (Å²) < 4.78 is 5.30. The number of ether oxygens (including phenoxy) is 1. The van der Waals surface area contributed by atoms with Crippen LogP contribution in [0.1, 0.15) is 19.3 Å². The average molecular weight is 213 g/mol. The van der Waals surface area contributed by atoms with Crippen molar-refractivity contribution in [2.75, 3.05) is 32.9 Å². The summed E-state index contributed by atoms with van der Waals surface area (Å²) in [5.74, 6) is 0.997. The molecular formula is C11H19NO3. The van der Waals surface area contributed by atoms with Gasteiger partial charge in [0.1, 0.15) is 0 Å². The number of carbonyl (C=O) groups is 1. The minimum Gasteiger partial charge on any atom is -0.396 e. The molecule has 0 bridgehead atoms. The third-order valence-electron chi connectivity index (χ3n) is 3.38. The van der Waals surface area contributed by atoms with E-state index in [9.17, 15) is 4.79 Å². The van der Waals surface area contributed by atoms with E-state index in [1.165, 1.54) is 0 Å². The Balaban J connectivity index is 1.72. The van der Waals surface area contributed by atoms with Gasteiger partial charge in [-0.05, 0) is 18.8 Å². The molecule has 0 aromatic heterocycles. The van der Waals surface area contributed by atoms with E-state index in [2.05, 4.69) is 0 Å². The fourth-order valence-electron chi connectivity index (χ4n) is 2.34. The molecule has 2 saturated heterocycles. The maximum atomic E-state index is 11.5. The predicted octanol–water partition coefficient (Wildman–Crippen LogP) is 0.254. The molecule has 1 N–H and O–H groups in total. The second-order valence-electron chi connectivity index (χ2n) is 4.61. The van der Waals surface area contributed by atoms with Gasteiger partial charge in [0, 0.05) is 45.2 Å². The van der Waals surface area contributed by atoms with Crippen molar-refractivity contribution in [3.05, 3.63) is 0 Å². The summed E-state index contributed by atoms with van der Waals surface area (Å²) >= 11 is 0. The first-order valence-electron chi connectivity index (χ1n) is 5.76. The number of hydrogen-bond donors (Lipinski definition) is 1. The molecule has 0 radical (unpaired) electrons. The fraction of sp³-hybridized carbons (Fsp3) is 0.909. The van der Waals surface area contributed by atoms with Crippen molar-refractivity contribution < 1.29 is 14.6 Å². The average Bonchev–Trinajstić information content (AvgIpc) is 2.84. The molecule has 4 nitrogen and oxygen atoms in total. The Hall–Kier alpha value is -0.610. The molecule has 15 heavy (non-hydrogen) atoms. The lowest BCUT2D eigenvalue weighted by Crippen LogP contribution is -2.28. The van der Waals surface area contributed by atoms with Gasteiger partial charge in [0.2, 0.25) is 5.91 Å². The van der Waals surface area contributed by atoms with Crippen molar-refractivity contribution in [3.8, 4) is 0 Å². The van der Waals surface area contributed by atoms with Gasteiger partial charge in [0.25, 0.3) is 0 Å². The zero-order valence-electron chi connectivity index (χ0n) is 9.02. The normalized spacial score (nSPS) is 31.5. The first-order valence-corrected chi connectivity index (χ1v) is 5.76. The Kier molecular flexibility index (Phi) is 3.59. The van der Waals surface area contributed by atoms with Crippen molar-refractivity contribution in [1.29, 1.82) is 0 Å². The van der Waals surface area contributed by atoms with Crippen molar-refractivity contribution in [3.63, 3.8) is 0 Å². The van der Waals surface area contributed by atoms with Gasteiger partial charge < -0.3 is 14.7 Å². The second-order valence-corrected chi connectivity index (χ2v) is 4.61. The number of hydrogen-bond acceptors (Lipinski definition) is 3. The summed E-state index contributed by atoms with van der Waals surface area (Å²) in [5.41, 5.74) is 0. The Morgan fingerprint density at radius 2 is 2.33 bits per heavy atom. The quantitative estimate of drug-likeness (QED) is 0.728. The summed E-state index contributed by atoms with van der Waals surface area (Å²) in [7, 11) is 0. The first-order chi connectivity index (χ1) is 7.29. The third-order valence-corrected chi connectivity index (χ3v) is 3.38. The van der Waals surface area contributed by atoms with Crippen molar-refractivity contribution in [1.82, 2.24) is 4.90 Å². The molecule has 2 aliphatic rings. The van der Waals surface area contributed by atoms with Crippen LogP contribution in [0.5, 0.6) is 0 Å². The molecule has 2 fully saturated rings. The molecule has 0 aliphatic carbocycles. The van der Waals surface area contributed by atoms with Gasteiger partial charge in [-0.15, -0.1) is 0 Å². The number of aliphatic hydroxyl groups is 1.